The first kappa shape index (κ1) is 18.9. The highest BCUT2D eigenvalue weighted by Crippen LogP contribution is 2.32. The SMILES string of the molecule is CC(C)(C(=O)N1C[C@@H]2CC[C@H]1CN(Cc1ccccc1)C2)N1CCOCC1. The van der Waals surface area contributed by atoms with Crippen LogP contribution in [0.4, 0.5) is 0 Å². The summed E-state index contributed by atoms with van der Waals surface area (Å²) in [5.41, 5.74) is 0.920. The number of carbonyl (C=O) groups excluding carboxylic acids is 1. The fraction of sp³-hybridized carbons (Fsp3) is 0.682. The summed E-state index contributed by atoms with van der Waals surface area (Å²) in [5, 5.41) is 0. The van der Waals surface area contributed by atoms with Gasteiger partial charge in [0.1, 0.15) is 0 Å². The number of carbonyl (C=O) groups is 1. The maximum atomic E-state index is 13.6. The number of hydrogen-bond acceptors (Lipinski definition) is 4. The fourth-order valence-electron chi connectivity index (χ4n) is 5.01. The Bertz CT molecular complexity index is 642. The molecule has 4 aliphatic heterocycles. The van der Waals surface area contributed by atoms with Crippen LogP contribution in [0.1, 0.15) is 32.3 Å². The number of fused-ring (bicyclic) bond motifs is 4. The predicted molar refractivity (Wildman–Crippen MR) is 106 cm³/mol. The minimum atomic E-state index is -0.446. The van der Waals surface area contributed by atoms with E-state index < -0.39 is 5.54 Å². The number of morpholine rings is 1. The second-order valence-electron chi connectivity index (χ2n) is 8.89. The van der Waals surface area contributed by atoms with Crippen LogP contribution in [0.25, 0.3) is 0 Å². The predicted octanol–water partition coefficient (Wildman–Crippen LogP) is 2.22. The number of hydrogen-bond donors (Lipinski definition) is 0. The summed E-state index contributed by atoms with van der Waals surface area (Å²) in [4.78, 5) is 20.6. The molecule has 1 amide bonds. The van der Waals surface area contributed by atoms with Crippen molar-refractivity contribution >= 4 is 5.91 Å². The molecular formula is C22H33N3O2. The van der Waals surface area contributed by atoms with E-state index in [0.717, 1.165) is 58.9 Å². The molecule has 5 heteroatoms. The molecule has 27 heavy (non-hydrogen) atoms. The van der Waals surface area contributed by atoms with Gasteiger partial charge in [0, 0.05) is 45.3 Å². The lowest BCUT2D eigenvalue weighted by Crippen LogP contribution is -2.62. The maximum absolute atomic E-state index is 13.6. The zero-order chi connectivity index (χ0) is 18.9. The van der Waals surface area contributed by atoms with E-state index in [1.54, 1.807) is 0 Å². The lowest BCUT2D eigenvalue weighted by Gasteiger charge is -2.45. The lowest BCUT2D eigenvalue weighted by atomic mass is 9.91. The Hall–Kier alpha value is -1.43. The Morgan fingerprint density at radius 1 is 1.07 bits per heavy atom. The largest absolute Gasteiger partial charge is 0.379 e. The molecule has 0 aliphatic carbocycles. The number of amides is 1. The minimum Gasteiger partial charge on any atom is -0.379 e. The third-order valence-corrected chi connectivity index (χ3v) is 6.62. The third-order valence-electron chi connectivity index (χ3n) is 6.62. The smallest absolute Gasteiger partial charge is 0.242 e. The highest BCUT2D eigenvalue weighted by atomic mass is 16.5. The molecule has 5 rings (SSSR count). The van der Waals surface area contributed by atoms with Gasteiger partial charge in [-0.15, -0.1) is 0 Å². The summed E-state index contributed by atoms with van der Waals surface area (Å²) in [6.45, 7) is 11.4. The van der Waals surface area contributed by atoms with Gasteiger partial charge in [-0.25, -0.2) is 0 Å². The zero-order valence-corrected chi connectivity index (χ0v) is 16.8. The summed E-state index contributed by atoms with van der Waals surface area (Å²) in [5.74, 6) is 0.901. The molecule has 0 aromatic heterocycles. The molecule has 0 unspecified atom stereocenters. The molecule has 4 fully saturated rings. The minimum absolute atomic E-state index is 0.306. The van der Waals surface area contributed by atoms with Crippen LogP contribution in [-0.4, -0.2) is 78.1 Å². The van der Waals surface area contributed by atoms with Crippen LogP contribution < -0.4 is 0 Å². The van der Waals surface area contributed by atoms with Crippen molar-refractivity contribution < 1.29 is 9.53 Å². The summed E-state index contributed by atoms with van der Waals surface area (Å²) in [6.07, 6.45) is 2.39. The van der Waals surface area contributed by atoms with Crippen molar-refractivity contribution in [1.82, 2.24) is 14.7 Å². The molecule has 5 nitrogen and oxygen atoms in total. The van der Waals surface area contributed by atoms with Gasteiger partial charge < -0.3 is 9.64 Å². The number of benzene rings is 1. The maximum Gasteiger partial charge on any atom is 0.242 e. The topological polar surface area (TPSA) is 36.0 Å². The van der Waals surface area contributed by atoms with Crippen LogP contribution >= 0.6 is 0 Å². The molecule has 0 radical (unpaired) electrons. The molecular weight excluding hydrogens is 338 g/mol. The van der Waals surface area contributed by atoms with Crippen molar-refractivity contribution in [3.05, 3.63) is 35.9 Å². The van der Waals surface area contributed by atoms with E-state index in [-0.39, 0.29) is 0 Å². The number of nitrogens with zero attached hydrogens (tertiary/aromatic N) is 3. The Morgan fingerprint density at radius 3 is 2.56 bits per heavy atom. The van der Waals surface area contributed by atoms with Crippen LogP contribution in [0.5, 0.6) is 0 Å². The lowest BCUT2D eigenvalue weighted by molar-refractivity contribution is -0.149. The molecule has 1 aromatic carbocycles. The van der Waals surface area contributed by atoms with Gasteiger partial charge in [-0.05, 0) is 38.2 Å². The van der Waals surface area contributed by atoms with Gasteiger partial charge in [0.25, 0.3) is 0 Å². The van der Waals surface area contributed by atoms with Gasteiger partial charge in [-0.3, -0.25) is 14.6 Å². The van der Waals surface area contributed by atoms with E-state index >= 15 is 0 Å². The summed E-state index contributed by atoms with van der Waals surface area (Å²) in [6, 6.07) is 11.1. The van der Waals surface area contributed by atoms with Crippen LogP contribution in [0.2, 0.25) is 0 Å². The van der Waals surface area contributed by atoms with E-state index in [1.165, 1.54) is 12.0 Å². The second-order valence-corrected chi connectivity index (χ2v) is 8.89. The quantitative estimate of drug-likeness (QED) is 0.813. The zero-order valence-electron chi connectivity index (χ0n) is 16.8. The number of piperidine rings is 1. The van der Waals surface area contributed by atoms with E-state index in [0.29, 0.717) is 17.9 Å². The first-order valence-electron chi connectivity index (χ1n) is 10.4. The van der Waals surface area contributed by atoms with Gasteiger partial charge >= 0.3 is 0 Å². The molecule has 0 saturated carbocycles. The van der Waals surface area contributed by atoms with Crippen LogP contribution in [0.15, 0.2) is 30.3 Å². The monoisotopic (exact) mass is 371 g/mol. The number of rotatable bonds is 4. The van der Waals surface area contributed by atoms with Crippen molar-refractivity contribution in [2.45, 2.75) is 44.8 Å². The Kier molecular flexibility index (Phi) is 5.53. The van der Waals surface area contributed by atoms with Crippen LogP contribution in [0.3, 0.4) is 0 Å². The molecule has 4 heterocycles. The molecule has 0 spiro atoms. The summed E-state index contributed by atoms with van der Waals surface area (Å²) in [7, 11) is 0. The highest BCUT2D eigenvalue weighted by molar-refractivity contribution is 5.86. The van der Waals surface area contributed by atoms with Crippen LogP contribution in [0, 0.1) is 5.92 Å². The van der Waals surface area contributed by atoms with Gasteiger partial charge in [0.2, 0.25) is 5.91 Å². The highest BCUT2D eigenvalue weighted by Gasteiger charge is 2.44. The van der Waals surface area contributed by atoms with Crippen molar-refractivity contribution in [2.75, 3.05) is 45.9 Å². The van der Waals surface area contributed by atoms with Crippen molar-refractivity contribution in [3.8, 4) is 0 Å². The van der Waals surface area contributed by atoms with E-state index in [1.807, 2.05) is 0 Å². The van der Waals surface area contributed by atoms with E-state index in [4.69, 9.17) is 4.74 Å². The molecule has 4 saturated heterocycles. The summed E-state index contributed by atoms with van der Waals surface area (Å²) >= 11 is 0. The molecule has 2 atom stereocenters. The average molecular weight is 372 g/mol. The molecule has 1 aromatic rings. The Labute approximate surface area is 163 Å². The third kappa shape index (κ3) is 4.05. The van der Waals surface area contributed by atoms with Gasteiger partial charge in [-0.2, -0.15) is 0 Å². The summed E-state index contributed by atoms with van der Waals surface area (Å²) < 4.78 is 5.49. The Balaban J connectivity index is 1.46. The van der Waals surface area contributed by atoms with Crippen molar-refractivity contribution in [3.63, 3.8) is 0 Å². The molecule has 148 valence electrons. The van der Waals surface area contributed by atoms with Crippen LogP contribution in [-0.2, 0) is 16.1 Å². The molecule has 0 N–H and O–H groups in total. The fourth-order valence-corrected chi connectivity index (χ4v) is 5.01. The molecule has 2 bridgehead atoms. The van der Waals surface area contributed by atoms with Gasteiger partial charge in [-0.1, -0.05) is 30.3 Å². The second kappa shape index (κ2) is 7.90. The van der Waals surface area contributed by atoms with Gasteiger partial charge in [0.05, 0.1) is 18.8 Å². The average Bonchev–Trinajstić information content (AvgIpc) is 2.99. The molecule has 4 aliphatic rings. The van der Waals surface area contributed by atoms with Crippen molar-refractivity contribution in [2.24, 2.45) is 5.92 Å². The standard InChI is InChI=1S/C22H33N3O2/c1-22(2,24-10-12-27-13-11-24)21(26)25-16-19-8-9-20(25)17-23(15-19)14-18-6-4-3-5-7-18/h3-7,19-20H,8-17H2,1-2H3/t19-,20+/m1/s1. The Morgan fingerprint density at radius 2 is 1.81 bits per heavy atom. The van der Waals surface area contributed by atoms with E-state index in [9.17, 15) is 4.79 Å². The van der Waals surface area contributed by atoms with Crippen molar-refractivity contribution in [1.29, 1.82) is 0 Å². The van der Waals surface area contributed by atoms with E-state index in [2.05, 4.69) is 58.9 Å². The number of ether oxygens (including phenoxy) is 1. The first-order chi connectivity index (χ1) is 13.0. The first-order valence-corrected chi connectivity index (χ1v) is 10.4. The van der Waals surface area contributed by atoms with Gasteiger partial charge in [0.15, 0.2) is 0 Å². The normalized spacial score (nSPS) is 27.6.